The minimum absolute atomic E-state index is 0.210. The molecule has 0 saturated heterocycles. The molecule has 0 heterocycles. The van der Waals surface area contributed by atoms with Crippen LogP contribution in [0.15, 0.2) is 24.3 Å². The van der Waals surface area contributed by atoms with Gasteiger partial charge in [0, 0.05) is 5.02 Å². The first-order valence-electron chi connectivity index (χ1n) is 6.53. The van der Waals surface area contributed by atoms with Gasteiger partial charge in [-0.15, -0.1) is 0 Å². The number of hydrogen-bond acceptors (Lipinski definition) is 4. The third kappa shape index (κ3) is 3.97. The topological polar surface area (TPSA) is 52.6 Å². The smallest absolute Gasteiger partial charge is 0.323 e. The summed E-state index contributed by atoms with van der Waals surface area (Å²) in [7, 11) is 0. The molecule has 0 atom stereocenters. The summed E-state index contributed by atoms with van der Waals surface area (Å²) in [6, 6.07) is 6.99. The van der Waals surface area contributed by atoms with Gasteiger partial charge in [-0.3, -0.25) is 9.59 Å². The maximum atomic E-state index is 12.1. The molecule has 5 heteroatoms. The van der Waals surface area contributed by atoms with Gasteiger partial charge in [-0.1, -0.05) is 23.7 Å². The van der Waals surface area contributed by atoms with Gasteiger partial charge in [0.1, 0.15) is 0 Å². The highest BCUT2D eigenvalue weighted by Gasteiger charge is 2.44. The second-order valence-corrected chi connectivity index (χ2v) is 5.01. The Morgan fingerprint density at radius 1 is 1.05 bits per heavy atom. The molecule has 0 fully saturated rings. The maximum absolute atomic E-state index is 12.1. The highest BCUT2D eigenvalue weighted by Crippen LogP contribution is 2.27. The third-order valence-corrected chi connectivity index (χ3v) is 3.17. The summed E-state index contributed by atoms with van der Waals surface area (Å²) in [5, 5.41) is 0.600. The predicted octanol–water partition coefficient (Wildman–Crippen LogP) is 3.02. The van der Waals surface area contributed by atoms with Gasteiger partial charge in [-0.2, -0.15) is 0 Å². The van der Waals surface area contributed by atoms with Crippen LogP contribution in [-0.2, 0) is 25.5 Å². The highest BCUT2D eigenvalue weighted by molar-refractivity contribution is 6.30. The fraction of sp³-hybridized carbons (Fsp3) is 0.467. The summed E-state index contributed by atoms with van der Waals surface area (Å²) in [6.07, 6.45) is 0.210. The number of hydrogen-bond donors (Lipinski definition) is 0. The Hall–Kier alpha value is -1.55. The van der Waals surface area contributed by atoms with E-state index in [0.717, 1.165) is 5.56 Å². The van der Waals surface area contributed by atoms with Crippen LogP contribution in [0, 0.1) is 5.41 Å². The molecule has 0 bridgehead atoms. The quantitative estimate of drug-likeness (QED) is 0.598. The fourth-order valence-electron chi connectivity index (χ4n) is 1.82. The number of carbonyl (C=O) groups excluding carboxylic acids is 2. The van der Waals surface area contributed by atoms with E-state index in [0.29, 0.717) is 5.02 Å². The summed E-state index contributed by atoms with van der Waals surface area (Å²) in [6.45, 7) is 5.37. The molecule has 4 nitrogen and oxygen atoms in total. The monoisotopic (exact) mass is 298 g/mol. The molecule has 1 rings (SSSR count). The highest BCUT2D eigenvalue weighted by atomic mass is 35.5. The number of halogens is 1. The summed E-state index contributed by atoms with van der Waals surface area (Å²) in [5.74, 6) is -1.15. The van der Waals surface area contributed by atoms with Crippen molar-refractivity contribution >= 4 is 23.5 Å². The SMILES string of the molecule is CCOC(=O)C(C)(Cc1ccc(Cl)cc1)C(=O)OCC. The molecular formula is C15H19ClO4. The largest absolute Gasteiger partial charge is 0.465 e. The van der Waals surface area contributed by atoms with Gasteiger partial charge in [-0.05, 0) is 44.9 Å². The molecule has 0 aliphatic carbocycles. The molecule has 0 aliphatic heterocycles. The van der Waals surface area contributed by atoms with Crippen molar-refractivity contribution in [1.29, 1.82) is 0 Å². The van der Waals surface area contributed by atoms with Gasteiger partial charge in [0.15, 0.2) is 5.41 Å². The van der Waals surface area contributed by atoms with Crippen LogP contribution in [0.2, 0.25) is 5.02 Å². The molecule has 0 N–H and O–H groups in total. The summed E-state index contributed by atoms with van der Waals surface area (Å²) >= 11 is 5.82. The van der Waals surface area contributed by atoms with Crippen LogP contribution in [0.1, 0.15) is 26.3 Å². The Bertz CT molecular complexity index is 449. The molecule has 0 spiro atoms. The van der Waals surface area contributed by atoms with E-state index in [9.17, 15) is 9.59 Å². The zero-order chi connectivity index (χ0) is 15.2. The van der Waals surface area contributed by atoms with E-state index < -0.39 is 17.4 Å². The number of carbonyl (C=O) groups is 2. The predicted molar refractivity (Wildman–Crippen MR) is 76.5 cm³/mol. The van der Waals surface area contributed by atoms with Crippen molar-refractivity contribution in [2.75, 3.05) is 13.2 Å². The lowest BCUT2D eigenvalue weighted by atomic mass is 9.83. The van der Waals surface area contributed by atoms with Crippen LogP contribution in [-0.4, -0.2) is 25.2 Å². The molecule has 0 amide bonds. The van der Waals surface area contributed by atoms with E-state index in [-0.39, 0.29) is 19.6 Å². The molecule has 20 heavy (non-hydrogen) atoms. The lowest BCUT2D eigenvalue weighted by Crippen LogP contribution is -2.41. The first kappa shape index (κ1) is 16.5. The summed E-state index contributed by atoms with van der Waals surface area (Å²) in [5.41, 5.74) is -0.530. The lowest BCUT2D eigenvalue weighted by molar-refractivity contribution is -0.170. The van der Waals surface area contributed by atoms with Gasteiger partial charge in [0.05, 0.1) is 13.2 Å². The second-order valence-electron chi connectivity index (χ2n) is 4.58. The molecule has 0 saturated carbocycles. The van der Waals surface area contributed by atoms with Gasteiger partial charge < -0.3 is 9.47 Å². The number of ether oxygens (including phenoxy) is 2. The van der Waals surface area contributed by atoms with Gasteiger partial charge in [0.25, 0.3) is 0 Å². The van der Waals surface area contributed by atoms with Crippen molar-refractivity contribution in [2.45, 2.75) is 27.2 Å². The Morgan fingerprint density at radius 2 is 1.50 bits per heavy atom. The molecule has 0 aliphatic rings. The van der Waals surface area contributed by atoms with Crippen LogP contribution in [0.4, 0.5) is 0 Å². The Morgan fingerprint density at radius 3 is 1.90 bits per heavy atom. The standard InChI is InChI=1S/C15H19ClO4/c1-4-19-13(17)15(3,14(18)20-5-2)10-11-6-8-12(16)9-7-11/h6-9H,4-5,10H2,1-3H3. The van der Waals surface area contributed by atoms with Crippen LogP contribution in [0.3, 0.4) is 0 Å². The molecule has 0 aromatic heterocycles. The van der Waals surface area contributed by atoms with Gasteiger partial charge >= 0.3 is 11.9 Å². The van der Waals surface area contributed by atoms with Crippen molar-refractivity contribution in [3.8, 4) is 0 Å². The Labute approximate surface area is 124 Å². The van der Waals surface area contributed by atoms with E-state index >= 15 is 0 Å². The van der Waals surface area contributed by atoms with Crippen molar-refractivity contribution in [2.24, 2.45) is 5.41 Å². The summed E-state index contributed by atoms with van der Waals surface area (Å²) < 4.78 is 10.0. The lowest BCUT2D eigenvalue weighted by Gasteiger charge is -2.25. The molecule has 0 radical (unpaired) electrons. The molecule has 1 aromatic carbocycles. The third-order valence-electron chi connectivity index (χ3n) is 2.92. The van der Waals surface area contributed by atoms with E-state index in [1.807, 2.05) is 0 Å². The van der Waals surface area contributed by atoms with Crippen molar-refractivity contribution in [3.05, 3.63) is 34.9 Å². The van der Waals surface area contributed by atoms with E-state index in [1.165, 1.54) is 6.92 Å². The van der Waals surface area contributed by atoms with Crippen LogP contribution in [0.5, 0.6) is 0 Å². The van der Waals surface area contributed by atoms with Crippen molar-refractivity contribution in [3.63, 3.8) is 0 Å². The van der Waals surface area contributed by atoms with Crippen LogP contribution < -0.4 is 0 Å². The minimum atomic E-state index is -1.35. The van der Waals surface area contributed by atoms with Crippen molar-refractivity contribution in [1.82, 2.24) is 0 Å². The first-order chi connectivity index (χ1) is 9.43. The zero-order valence-electron chi connectivity index (χ0n) is 11.9. The summed E-state index contributed by atoms with van der Waals surface area (Å²) in [4.78, 5) is 24.2. The van der Waals surface area contributed by atoms with Gasteiger partial charge in [0.2, 0.25) is 0 Å². The average molecular weight is 299 g/mol. The van der Waals surface area contributed by atoms with E-state index in [4.69, 9.17) is 21.1 Å². The Balaban J connectivity index is 3.00. The van der Waals surface area contributed by atoms with E-state index in [2.05, 4.69) is 0 Å². The normalized spacial score (nSPS) is 11.0. The molecular weight excluding hydrogens is 280 g/mol. The maximum Gasteiger partial charge on any atom is 0.323 e. The fourth-order valence-corrected chi connectivity index (χ4v) is 1.94. The van der Waals surface area contributed by atoms with Crippen LogP contribution >= 0.6 is 11.6 Å². The number of benzene rings is 1. The zero-order valence-corrected chi connectivity index (χ0v) is 12.7. The number of esters is 2. The van der Waals surface area contributed by atoms with Gasteiger partial charge in [-0.25, -0.2) is 0 Å². The minimum Gasteiger partial charge on any atom is -0.465 e. The molecule has 110 valence electrons. The molecule has 1 aromatic rings. The number of rotatable bonds is 6. The Kier molecular flexibility index (Phi) is 6.02. The second kappa shape index (κ2) is 7.29. The average Bonchev–Trinajstić information content (AvgIpc) is 2.41. The van der Waals surface area contributed by atoms with Crippen LogP contribution in [0.25, 0.3) is 0 Å². The van der Waals surface area contributed by atoms with E-state index in [1.54, 1.807) is 38.1 Å². The first-order valence-corrected chi connectivity index (χ1v) is 6.90. The molecule has 0 unspecified atom stereocenters. The van der Waals surface area contributed by atoms with Crippen molar-refractivity contribution < 1.29 is 19.1 Å².